The van der Waals surface area contributed by atoms with Crippen molar-refractivity contribution in [2.75, 3.05) is 13.2 Å². The van der Waals surface area contributed by atoms with Gasteiger partial charge in [-0.1, -0.05) is 60.7 Å². The van der Waals surface area contributed by atoms with Crippen LogP contribution in [0.3, 0.4) is 0 Å². The van der Waals surface area contributed by atoms with E-state index in [1.54, 1.807) is 0 Å². The van der Waals surface area contributed by atoms with E-state index >= 15 is 0 Å². The number of carbonyl (C=O) groups excluding carboxylic acids is 6. The van der Waals surface area contributed by atoms with Gasteiger partial charge >= 0.3 is 35.8 Å². The fourth-order valence-electron chi connectivity index (χ4n) is 5.99. The Labute approximate surface area is 317 Å². The van der Waals surface area contributed by atoms with Gasteiger partial charge in [0.1, 0.15) is 43.7 Å². The number of carbonyl (C=O) groups is 6. The summed E-state index contributed by atoms with van der Waals surface area (Å²) in [7, 11) is 0. The predicted octanol–water partition coefficient (Wildman–Crippen LogP) is 2.48. The molecule has 0 radical (unpaired) electrons. The van der Waals surface area contributed by atoms with Crippen molar-refractivity contribution in [3.05, 3.63) is 71.8 Å². The molecule has 300 valence electrons. The molecule has 0 amide bonds. The normalized spacial score (nSPS) is 27.5. The van der Waals surface area contributed by atoms with Gasteiger partial charge in [0, 0.05) is 41.5 Å². The van der Waals surface area contributed by atoms with Crippen molar-refractivity contribution in [2.45, 2.75) is 116 Å². The summed E-state index contributed by atoms with van der Waals surface area (Å²) in [6.07, 6.45) is -14.1. The summed E-state index contributed by atoms with van der Waals surface area (Å²) in [5.74, 6) is -4.60. The maximum absolute atomic E-state index is 12.6. The molecule has 4 rings (SSSR count). The first-order valence-corrected chi connectivity index (χ1v) is 17.4. The first-order chi connectivity index (χ1) is 26.2. The summed E-state index contributed by atoms with van der Waals surface area (Å²) in [6.45, 7) is 5.80. The van der Waals surface area contributed by atoms with E-state index < -0.39 is 110 Å². The van der Waals surface area contributed by atoms with Crippen LogP contribution in [0.4, 0.5) is 0 Å². The molecule has 10 atom stereocenters. The number of ether oxygens (including phenoxy) is 11. The third-order valence-corrected chi connectivity index (χ3v) is 8.13. The van der Waals surface area contributed by atoms with Crippen molar-refractivity contribution < 1.29 is 80.9 Å². The standard InChI is InChI=1S/C38H46O17/c1-21(39)45-19-29-31(49-23(3)41)33(47-17-27-13-9-7-10-14-27)35(48-18-28-15-11-8-12-16-28)37(53-29)55-32-30(20-46-22(2)40)54-38(52-26(6)44)36(51-25(5)43)34(32)50-24(4)42/h7-16,29-38H,17-20H2,1-6H3/t29-,30-,31-,32-,33+,34+,35+,36-,37+,38?/m1/s1. The molecule has 55 heavy (non-hydrogen) atoms. The van der Waals surface area contributed by atoms with Gasteiger partial charge < -0.3 is 52.1 Å². The Morgan fingerprint density at radius 2 is 0.873 bits per heavy atom. The van der Waals surface area contributed by atoms with Gasteiger partial charge in [0.2, 0.25) is 12.4 Å². The number of hydrogen-bond acceptors (Lipinski definition) is 17. The minimum absolute atomic E-state index is 0.00223. The molecule has 0 N–H and O–H groups in total. The highest BCUT2D eigenvalue weighted by Gasteiger charge is 2.57. The second-order valence-electron chi connectivity index (χ2n) is 12.6. The lowest BCUT2D eigenvalue weighted by Crippen LogP contribution is -2.67. The van der Waals surface area contributed by atoms with E-state index in [2.05, 4.69) is 0 Å². The fraction of sp³-hybridized carbons (Fsp3) is 0.526. The molecule has 0 saturated carbocycles. The molecule has 17 heteroatoms. The van der Waals surface area contributed by atoms with Gasteiger partial charge in [0.15, 0.2) is 18.5 Å². The van der Waals surface area contributed by atoms with Crippen molar-refractivity contribution in [3.8, 4) is 0 Å². The van der Waals surface area contributed by atoms with Crippen LogP contribution in [0.2, 0.25) is 0 Å². The van der Waals surface area contributed by atoms with Crippen molar-refractivity contribution in [3.63, 3.8) is 0 Å². The molecule has 2 fully saturated rings. The Bertz CT molecular complexity index is 1600. The molecule has 2 aliphatic rings. The molecule has 2 aromatic rings. The third-order valence-electron chi connectivity index (χ3n) is 8.13. The SMILES string of the molecule is CC(=O)OC[C@H]1O[C@@H](O[C@H]2[C@H](OC(C)=O)[C@@H](OC(C)=O)C(OC(C)=O)O[C@@H]2COC(C)=O)[C@@H](OCc2ccccc2)[C@@H](OCc2ccccc2)[C@@H]1OC(C)=O. The zero-order valence-electron chi connectivity index (χ0n) is 31.3. The van der Waals surface area contributed by atoms with Gasteiger partial charge in [0.25, 0.3) is 0 Å². The predicted molar refractivity (Wildman–Crippen MR) is 184 cm³/mol. The Balaban J connectivity index is 1.84. The minimum atomic E-state index is -1.64. The number of hydrogen-bond donors (Lipinski definition) is 0. The topological polar surface area (TPSA) is 204 Å². The van der Waals surface area contributed by atoms with Crippen LogP contribution in [0.1, 0.15) is 52.7 Å². The van der Waals surface area contributed by atoms with E-state index in [0.29, 0.717) is 0 Å². The van der Waals surface area contributed by atoms with Gasteiger partial charge in [0.05, 0.1) is 13.2 Å². The van der Waals surface area contributed by atoms with Crippen LogP contribution >= 0.6 is 0 Å². The zero-order chi connectivity index (χ0) is 40.1. The van der Waals surface area contributed by atoms with E-state index in [-0.39, 0.29) is 13.2 Å². The highest BCUT2D eigenvalue weighted by Crippen LogP contribution is 2.36. The molecule has 0 spiro atoms. The van der Waals surface area contributed by atoms with Crippen LogP contribution in [0.5, 0.6) is 0 Å². The van der Waals surface area contributed by atoms with E-state index in [1.165, 1.54) is 13.8 Å². The molecule has 0 aromatic heterocycles. The molecule has 17 nitrogen and oxygen atoms in total. The van der Waals surface area contributed by atoms with Crippen LogP contribution in [0, 0.1) is 0 Å². The van der Waals surface area contributed by atoms with Crippen LogP contribution in [0.25, 0.3) is 0 Å². The van der Waals surface area contributed by atoms with Crippen LogP contribution in [0.15, 0.2) is 60.7 Å². The highest BCUT2D eigenvalue weighted by molar-refractivity contribution is 5.69. The third kappa shape index (κ3) is 13.1. The lowest BCUT2D eigenvalue weighted by atomic mass is 9.96. The average molecular weight is 775 g/mol. The maximum Gasteiger partial charge on any atom is 0.305 e. The molecule has 2 aromatic carbocycles. The molecule has 2 saturated heterocycles. The van der Waals surface area contributed by atoms with Crippen molar-refractivity contribution in [1.29, 1.82) is 0 Å². The zero-order valence-corrected chi connectivity index (χ0v) is 31.3. The summed E-state index contributed by atoms with van der Waals surface area (Å²) in [5.41, 5.74) is 1.49. The summed E-state index contributed by atoms with van der Waals surface area (Å²) in [5, 5.41) is 0. The first kappa shape index (κ1) is 42.8. The highest BCUT2D eigenvalue weighted by atomic mass is 16.8. The van der Waals surface area contributed by atoms with E-state index in [4.69, 9.17) is 52.1 Å². The maximum atomic E-state index is 12.6. The number of benzene rings is 2. The van der Waals surface area contributed by atoms with Gasteiger partial charge in [-0.05, 0) is 11.1 Å². The lowest BCUT2D eigenvalue weighted by molar-refractivity contribution is -0.364. The Hall–Kier alpha value is -4.94. The van der Waals surface area contributed by atoms with Crippen LogP contribution in [-0.4, -0.2) is 110 Å². The molecule has 2 heterocycles. The molecule has 0 bridgehead atoms. The van der Waals surface area contributed by atoms with E-state index in [0.717, 1.165) is 38.8 Å². The Morgan fingerprint density at radius 3 is 1.35 bits per heavy atom. The second kappa shape index (κ2) is 20.7. The Kier molecular flexibility index (Phi) is 16.1. The number of rotatable bonds is 16. The van der Waals surface area contributed by atoms with Gasteiger partial charge in [-0.2, -0.15) is 0 Å². The summed E-state index contributed by atoms with van der Waals surface area (Å²) in [6, 6.07) is 18.2. The van der Waals surface area contributed by atoms with E-state index in [1.807, 2.05) is 60.7 Å². The van der Waals surface area contributed by atoms with E-state index in [9.17, 15) is 28.8 Å². The fourth-order valence-corrected chi connectivity index (χ4v) is 5.99. The molecular formula is C38H46O17. The Morgan fingerprint density at radius 1 is 0.455 bits per heavy atom. The van der Waals surface area contributed by atoms with Gasteiger partial charge in [-0.15, -0.1) is 0 Å². The first-order valence-electron chi connectivity index (χ1n) is 17.4. The molecular weight excluding hydrogens is 728 g/mol. The van der Waals surface area contributed by atoms with Crippen molar-refractivity contribution in [2.24, 2.45) is 0 Å². The van der Waals surface area contributed by atoms with Crippen LogP contribution < -0.4 is 0 Å². The second-order valence-corrected chi connectivity index (χ2v) is 12.6. The molecule has 2 aliphatic heterocycles. The van der Waals surface area contributed by atoms with Crippen molar-refractivity contribution in [1.82, 2.24) is 0 Å². The number of esters is 6. The average Bonchev–Trinajstić information content (AvgIpc) is 3.11. The smallest absolute Gasteiger partial charge is 0.305 e. The minimum Gasteiger partial charge on any atom is -0.463 e. The van der Waals surface area contributed by atoms with Gasteiger partial charge in [-0.25, -0.2) is 0 Å². The quantitative estimate of drug-likeness (QED) is 0.178. The van der Waals surface area contributed by atoms with Crippen LogP contribution in [-0.2, 0) is 94.1 Å². The lowest BCUT2D eigenvalue weighted by Gasteiger charge is -2.49. The molecule has 1 unspecified atom stereocenters. The summed E-state index contributed by atoms with van der Waals surface area (Å²) >= 11 is 0. The van der Waals surface area contributed by atoms with Gasteiger partial charge in [-0.3, -0.25) is 28.8 Å². The largest absolute Gasteiger partial charge is 0.463 e. The summed E-state index contributed by atoms with van der Waals surface area (Å²) < 4.78 is 64.7. The van der Waals surface area contributed by atoms with Crippen molar-refractivity contribution >= 4 is 35.8 Å². The summed E-state index contributed by atoms with van der Waals surface area (Å²) in [4.78, 5) is 73.7. The molecule has 0 aliphatic carbocycles. The monoisotopic (exact) mass is 774 g/mol.